The summed E-state index contributed by atoms with van der Waals surface area (Å²) in [5.74, 6) is -0.778. The van der Waals surface area contributed by atoms with Gasteiger partial charge in [-0.2, -0.15) is 0 Å². The fourth-order valence-corrected chi connectivity index (χ4v) is 2.24. The Kier molecular flexibility index (Phi) is 4.54. The first-order valence-corrected chi connectivity index (χ1v) is 5.64. The molecule has 0 amide bonds. The zero-order valence-corrected chi connectivity index (χ0v) is 9.33. The highest BCUT2D eigenvalue weighted by Crippen LogP contribution is 2.36. The second-order valence-electron chi connectivity index (χ2n) is 4.75. The van der Waals surface area contributed by atoms with Gasteiger partial charge in [0.15, 0.2) is 0 Å². The van der Waals surface area contributed by atoms with Gasteiger partial charge in [-0.15, -0.1) is 0 Å². The van der Waals surface area contributed by atoms with Crippen molar-refractivity contribution in [3.8, 4) is 0 Å². The van der Waals surface area contributed by atoms with Gasteiger partial charge >= 0.3 is 5.97 Å². The first-order chi connectivity index (χ1) is 7.08. The molecule has 0 aromatic carbocycles. The highest BCUT2D eigenvalue weighted by molar-refractivity contribution is 5.67. The van der Waals surface area contributed by atoms with Gasteiger partial charge in [-0.05, 0) is 19.8 Å². The summed E-state index contributed by atoms with van der Waals surface area (Å²) < 4.78 is 0. The molecule has 4 heteroatoms. The van der Waals surface area contributed by atoms with E-state index in [2.05, 4.69) is 5.32 Å². The predicted molar refractivity (Wildman–Crippen MR) is 57.7 cm³/mol. The van der Waals surface area contributed by atoms with E-state index in [-0.39, 0.29) is 24.5 Å². The molecule has 1 unspecified atom stereocenters. The van der Waals surface area contributed by atoms with E-state index in [4.69, 9.17) is 5.11 Å². The van der Waals surface area contributed by atoms with Crippen LogP contribution < -0.4 is 5.32 Å². The maximum atomic E-state index is 10.5. The molecule has 15 heavy (non-hydrogen) atoms. The minimum absolute atomic E-state index is 0.00671. The summed E-state index contributed by atoms with van der Waals surface area (Å²) >= 11 is 0. The van der Waals surface area contributed by atoms with Crippen molar-refractivity contribution >= 4 is 5.97 Å². The van der Waals surface area contributed by atoms with Crippen LogP contribution >= 0.6 is 0 Å². The van der Waals surface area contributed by atoms with Gasteiger partial charge in [0, 0.05) is 24.6 Å². The monoisotopic (exact) mass is 215 g/mol. The number of aliphatic carboxylic acids is 1. The number of rotatable bonds is 6. The van der Waals surface area contributed by atoms with Crippen molar-refractivity contribution in [2.24, 2.45) is 5.41 Å². The normalized spacial score (nSPS) is 21.5. The summed E-state index contributed by atoms with van der Waals surface area (Å²) in [7, 11) is 0. The van der Waals surface area contributed by atoms with Crippen molar-refractivity contribution < 1.29 is 15.0 Å². The topological polar surface area (TPSA) is 69.6 Å². The summed E-state index contributed by atoms with van der Waals surface area (Å²) in [5, 5.41) is 21.2. The van der Waals surface area contributed by atoms with Crippen molar-refractivity contribution in [3.05, 3.63) is 0 Å². The molecule has 3 N–H and O–H groups in total. The van der Waals surface area contributed by atoms with Crippen LogP contribution in [0.4, 0.5) is 0 Å². The van der Waals surface area contributed by atoms with E-state index in [9.17, 15) is 9.90 Å². The molecule has 1 rings (SSSR count). The van der Waals surface area contributed by atoms with Crippen LogP contribution in [0.25, 0.3) is 0 Å². The number of carboxylic acids is 1. The molecule has 0 saturated heterocycles. The Morgan fingerprint density at radius 3 is 2.53 bits per heavy atom. The molecule has 0 aliphatic heterocycles. The van der Waals surface area contributed by atoms with Crippen LogP contribution in [0.3, 0.4) is 0 Å². The second-order valence-corrected chi connectivity index (χ2v) is 4.75. The SMILES string of the molecule is CC(CC(=O)O)NCC1(CO)CCCC1. The van der Waals surface area contributed by atoms with Gasteiger partial charge in [-0.3, -0.25) is 4.79 Å². The standard InChI is InChI=1S/C11H21NO3/c1-9(6-10(14)15)12-7-11(8-13)4-2-3-5-11/h9,12-13H,2-8H2,1H3,(H,14,15). The van der Waals surface area contributed by atoms with Gasteiger partial charge in [0.05, 0.1) is 6.42 Å². The summed E-state index contributed by atoms with van der Waals surface area (Å²) in [6.45, 7) is 2.81. The highest BCUT2D eigenvalue weighted by Gasteiger charge is 2.33. The van der Waals surface area contributed by atoms with Gasteiger partial charge in [0.1, 0.15) is 0 Å². The highest BCUT2D eigenvalue weighted by atomic mass is 16.4. The number of hydrogen-bond acceptors (Lipinski definition) is 3. The fourth-order valence-electron chi connectivity index (χ4n) is 2.24. The third-order valence-corrected chi connectivity index (χ3v) is 3.31. The number of carboxylic acid groups (broad SMARTS) is 1. The third-order valence-electron chi connectivity index (χ3n) is 3.31. The van der Waals surface area contributed by atoms with E-state index in [0.717, 1.165) is 19.4 Å². The van der Waals surface area contributed by atoms with Crippen molar-refractivity contribution in [1.82, 2.24) is 5.32 Å². The van der Waals surface area contributed by atoms with E-state index < -0.39 is 5.97 Å². The number of aliphatic hydroxyl groups excluding tert-OH is 1. The van der Waals surface area contributed by atoms with Crippen LogP contribution in [0, 0.1) is 5.41 Å². The Balaban J connectivity index is 2.30. The van der Waals surface area contributed by atoms with Crippen molar-refractivity contribution in [2.45, 2.75) is 45.1 Å². The first-order valence-electron chi connectivity index (χ1n) is 5.64. The molecular formula is C11H21NO3. The zero-order valence-electron chi connectivity index (χ0n) is 9.33. The quantitative estimate of drug-likeness (QED) is 0.618. The van der Waals surface area contributed by atoms with Gasteiger partial charge in [0.25, 0.3) is 0 Å². The molecule has 1 aliphatic carbocycles. The molecule has 1 aliphatic rings. The third kappa shape index (κ3) is 3.80. The van der Waals surface area contributed by atoms with Crippen LogP contribution in [0.5, 0.6) is 0 Å². The molecule has 88 valence electrons. The lowest BCUT2D eigenvalue weighted by atomic mass is 9.87. The lowest BCUT2D eigenvalue weighted by Crippen LogP contribution is -2.40. The Labute approximate surface area is 90.7 Å². The van der Waals surface area contributed by atoms with Crippen LogP contribution in [-0.2, 0) is 4.79 Å². The number of carbonyl (C=O) groups is 1. The largest absolute Gasteiger partial charge is 0.481 e. The Morgan fingerprint density at radius 2 is 2.07 bits per heavy atom. The Bertz CT molecular complexity index is 212. The summed E-state index contributed by atoms with van der Waals surface area (Å²) in [4.78, 5) is 10.5. The van der Waals surface area contributed by atoms with Crippen LogP contribution in [0.15, 0.2) is 0 Å². The average Bonchev–Trinajstić information content (AvgIpc) is 2.63. The zero-order chi connectivity index (χ0) is 11.3. The Morgan fingerprint density at radius 1 is 1.47 bits per heavy atom. The van der Waals surface area contributed by atoms with Gasteiger partial charge in [0.2, 0.25) is 0 Å². The molecular weight excluding hydrogens is 194 g/mol. The van der Waals surface area contributed by atoms with E-state index in [1.807, 2.05) is 6.92 Å². The molecule has 0 aromatic heterocycles. The molecule has 1 saturated carbocycles. The molecule has 1 fully saturated rings. The molecule has 0 bridgehead atoms. The van der Waals surface area contributed by atoms with Crippen molar-refractivity contribution in [1.29, 1.82) is 0 Å². The van der Waals surface area contributed by atoms with E-state index in [1.165, 1.54) is 12.8 Å². The van der Waals surface area contributed by atoms with Gasteiger partial charge < -0.3 is 15.5 Å². The van der Waals surface area contributed by atoms with E-state index >= 15 is 0 Å². The number of hydrogen-bond donors (Lipinski definition) is 3. The smallest absolute Gasteiger partial charge is 0.304 e. The molecule has 0 aromatic rings. The predicted octanol–water partition coefficient (Wildman–Crippen LogP) is 0.992. The molecule has 1 atom stereocenters. The van der Waals surface area contributed by atoms with E-state index in [1.54, 1.807) is 0 Å². The minimum atomic E-state index is -0.778. The van der Waals surface area contributed by atoms with E-state index in [0.29, 0.717) is 0 Å². The maximum Gasteiger partial charge on any atom is 0.304 e. The number of aliphatic hydroxyl groups is 1. The van der Waals surface area contributed by atoms with Gasteiger partial charge in [-0.25, -0.2) is 0 Å². The molecule has 4 nitrogen and oxygen atoms in total. The second kappa shape index (κ2) is 5.47. The maximum absolute atomic E-state index is 10.5. The number of nitrogens with one attached hydrogen (secondary N) is 1. The Hall–Kier alpha value is -0.610. The average molecular weight is 215 g/mol. The fraction of sp³-hybridized carbons (Fsp3) is 0.909. The first kappa shape index (κ1) is 12.5. The summed E-state index contributed by atoms with van der Waals surface area (Å²) in [6.07, 6.45) is 4.60. The summed E-state index contributed by atoms with van der Waals surface area (Å²) in [5.41, 5.74) is 0.00671. The minimum Gasteiger partial charge on any atom is -0.481 e. The van der Waals surface area contributed by atoms with Crippen molar-refractivity contribution in [2.75, 3.05) is 13.2 Å². The molecule has 0 spiro atoms. The molecule has 0 radical (unpaired) electrons. The van der Waals surface area contributed by atoms with Crippen LogP contribution in [0.2, 0.25) is 0 Å². The summed E-state index contributed by atoms with van der Waals surface area (Å²) in [6, 6.07) is -0.0217. The van der Waals surface area contributed by atoms with Crippen LogP contribution in [0.1, 0.15) is 39.0 Å². The molecule has 0 heterocycles. The van der Waals surface area contributed by atoms with Crippen molar-refractivity contribution in [3.63, 3.8) is 0 Å². The van der Waals surface area contributed by atoms with Gasteiger partial charge in [-0.1, -0.05) is 12.8 Å². The lowest BCUT2D eigenvalue weighted by Gasteiger charge is -2.28. The van der Waals surface area contributed by atoms with Crippen LogP contribution in [-0.4, -0.2) is 35.4 Å². The lowest BCUT2D eigenvalue weighted by molar-refractivity contribution is -0.137.